The Balaban J connectivity index is 0.000000309. The minimum Gasteiger partial charge on any atom is -0.0622 e. The third kappa shape index (κ3) is 13.5. The Morgan fingerprint density at radius 1 is 0.250 bits per heavy atom. The molecule has 0 spiro atoms. The van der Waals surface area contributed by atoms with Crippen LogP contribution in [0.1, 0.15) is 4.28 Å². The van der Waals surface area contributed by atoms with Gasteiger partial charge in [0.15, 0.2) is 0 Å². The number of hydrogen-bond acceptors (Lipinski definition) is 1. The van der Waals surface area contributed by atoms with Crippen molar-refractivity contribution in [1.82, 2.24) is 0 Å². The van der Waals surface area contributed by atoms with Crippen molar-refractivity contribution in [3.8, 4) is 0 Å². The summed E-state index contributed by atoms with van der Waals surface area (Å²) >= 11 is -1.83. The van der Waals surface area contributed by atoms with Gasteiger partial charge in [-0.25, -0.2) is 0 Å². The molecule has 9 rings (SSSR count). The van der Waals surface area contributed by atoms with Crippen LogP contribution in [-0.4, -0.2) is 27.0 Å². The SMILES string of the molecule is C=O.[H-].[H-].[H-].[Rh+3].c1cc[c]([Sb]([c]2ccccc2)[c]2ccccc2)cc1.c1ccc(P(c2ccccc2)c2ccccc2)cc1.c1ccc(P(c2ccccc2)c2ccccc2)cc1. The molecular formula is C55H50OP2RhSb. The summed E-state index contributed by atoms with van der Waals surface area (Å²) in [6, 6.07) is 97.5. The van der Waals surface area contributed by atoms with E-state index in [0.717, 1.165) is 0 Å². The molecule has 0 aliphatic heterocycles. The van der Waals surface area contributed by atoms with Gasteiger partial charge in [0, 0.05) is 0 Å². The molecule has 300 valence electrons. The third-order valence-electron chi connectivity index (χ3n) is 9.13. The monoisotopic (exact) mass is 1010 g/mol. The minimum absolute atomic E-state index is 0. The summed E-state index contributed by atoms with van der Waals surface area (Å²) in [5, 5.41) is 8.39. The van der Waals surface area contributed by atoms with Crippen molar-refractivity contribution in [1.29, 1.82) is 0 Å². The molecule has 1 nitrogen and oxygen atoms in total. The zero-order chi connectivity index (χ0) is 40.7. The van der Waals surface area contributed by atoms with E-state index in [-0.39, 0.29) is 23.8 Å². The van der Waals surface area contributed by atoms with Crippen LogP contribution in [0.5, 0.6) is 0 Å². The Morgan fingerprint density at radius 2 is 0.383 bits per heavy atom. The molecule has 9 aromatic carbocycles. The van der Waals surface area contributed by atoms with Crippen molar-refractivity contribution in [2.45, 2.75) is 0 Å². The van der Waals surface area contributed by atoms with Gasteiger partial charge in [-0.1, -0.05) is 182 Å². The zero-order valence-corrected chi connectivity index (χ0v) is 39.3. The average Bonchev–Trinajstić information content (AvgIpc) is 3.34. The average molecular weight is 1010 g/mol. The Labute approximate surface area is 383 Å². The van der Waals surface area contributed by atoms with E-state index in [1.807, 2.05) is 6.79 Å². The van der Waals surface area contributed by atoms with Crippen LogP contribution in [0.25, 0.3) is 0 Å². The number of hydrogen-bond donors (Lipinski definition) is 0. The Hall–Kier alpha value is -5.05. The molecule has 0 atom stereocenters. The summed E-state index contributed by atoms with van der Waals surface area (Å²) in [5.41, 5.74) is 0. The Morgan fingerprint density at radius 3 is 0.533 bits per heavy atom. The van der Waals surface area contributed by atoms with Crippen LogP contribution in [0, 0.1) is 0 Å². The van der Waals surface area contributed by atoms with Gasteiger partial charge < -0.3 is 9.07 Å². The smallest absolute Gasteiger partial charge is 0.0134 e. The van der Waals surface area contributed by atoms with E-state index in [1.165, 1.54) is 42.4 Å². The van der Waals surface area contributed by atoms with E-state index >= 15 is 0 Å². The van der Waals surface area contributed by atoms with E-state index in [1.54, 1.807) is 0 Å². The van der Waals surface area contributed by atoms with Gasteiger partial charge in [0.1, 0.15) is 6.79 Å². The number of benzene rings is 9. The molecule has 0 bridgehead atoms. The first kappa shape index (κ1) is 46.0. The molecule has 0 aliphatic rings. The predicted molar refractivity (Wildman–Crippen MR) is 265 cm³/mol. The maximum atomic E-state index is 8.00. The predicted octanol–water partition coefficient (Wildman–Crippen LogP) is 9.24. The first-order valence-corrected chi connectivity index (χ1v) is 26.0. The molecule has 9 aromatic rings. The molecule has 0 aliphatic carbocycles. The van der Waals surface area contributed by atoms with Gasteiger partial charge >= 0.3 is 141 Å². The van der Waals surface area contributed by atoms with Gasteiger partial charge in [-0.2, -0.15) is 0 Å². The number of carbonyl (C=O) groups excluding carboxylic acids is 1. The Kier molecular flexibility index (Phi) is 20.1. The van der Waals surface area contributed by atoms with Gasteiger partial charge in [0.05, 0.1) is 0 Å². The van der Waals surface area contributed by atoms with Crippen LogP contribution < -0.4 is 42.4 Å². The number of carbonyl (C=O) groups is 1. The van der Waals surface area contributed by atoms with Crippen LogP contribution in [0.2, 0.25) is 0 Å². The topological polar surface area (TPSA) is 17.1 Å². The normalized spacial score (nSPS) is 10.1. The van der Waals surface area contributed by atoms with E-state index in [2.05, 4.69) is 273 Å². The summed E-state index contributed by atoms with van der Waals surface area (Å²) in [4.78, 5) is 8.00. The quantitative estimate of drug-likeness (QED) is 0.104. The molecule has 0 aromatic heterocycles. The third-order valence-corrected chi connectivity index (χ3v) is 21.0. The maximum Gasteiger partial charge on any atom is -0.0134 e. The van der Waals surface area contributed by atoms with Crippen LogP contribution >= 0.6 is 15.8 Å². The van der Waals surface area contributed by atoms with Crippen molar-refractivity contribution < 1.29 is 28.6 Å². The molecule has 0 saturated heterocycles. The van der Waals surface area contributed by atoms with Crippen molar-refractivity contribution >= 4 is 85.2 Å². The summed E-state index contributed by atoms with van der Waals surface area (Å²) in [7, 11) is -0.892. The van der Waals surface area contributed by atoms with Crippen molar-refractivity contribution in [2.75, 3.05) is 0 Å². The summed E-state index contributed by atoms with van der Waals surface area (Å²) < 4.78 is 4.55. The van der Waals surface area contributed by atoms with Crippen molar-refractivity contribution in [3.05, 3.63) is 273 Å². The van der Waals surface area contributed by atoms with Crippen LogP contribution in [0.3, 0.4) is 0 Å². The molecule has 0 heterocycles. The zero-order valence-electron chi connectivity index (χ0n) is 36.3. The van der Waals surface area contributed by atoms with E-state index in [4.69, 9.17) is 4.79 Å². The van der Waals surface area contributed by atoms with Crippen LogP contribution in [-0.2, 0) is 24.3 Å². The summed E-state index contributed by atoms with van der Waals surface area (Å²) in [5.74, 6) is 0. The fourth-order valence-corrected chi connectivity index (χ4v) is 17.7. The second-order valence-corrected chi connectivity index (χ2v) is 23.8. The maximum absolute atomic E-state index is 8.00. The van der Waals surface area contributed by atoms with Crippen molar-refractivity contribution in [2.24, 2.45) is 0 Å². The first-order chi connectivity index (χ1) is 29.3. The standard InChI is InChI=1S/2C18H15P.3C6H5.CH2O.Rh.Sb.3H/c2*1-4-10-16(11-5-1)19(17-12-6-2-7-13-17)18-14-8-3-9-15-18;3*1-2-4-6-5-3-1;1-2;;;;;/h2*1-15H;3*1-5H;1H2;;;;;/q;;;;;;+3;;3*-1. The van der Waals surface area contributed by atoms with Gasteiger partial charge in [-0.3, -0.25) is 0 Å². The second kappa shape index (κ2) is 26.2. The van der Waals surface area contributed by atoms with E-state index < -0.39 is 36.1 Å². The fourth-order valence-electron chi connectivity index (χ4n) is 6.54. The Bertz CT molecular complexity index is 1910. The van der Waals surface area contributed by atoms with E-state index in [9.17, 15) is 0 Å². The molecule has 0 amide bonds. The molecule has 0 unspecified atom stereocenters. The molecule has 60 heavy (non-hydrogen) atoms. The molecule has 0 radical (unpaired) electrons. The second-order valence-electron chi connectivity index (χ2n) is 13.0. The van der Waals surface area contributed by atoms with Crippen LogP contribution in [0.15, 0.2) is 273 Å². The molecule has 0 fully saturated rings. The van der Waals surface area contributed by atoms with Crippen molar-refractivity contribution in [3.63, 3.8) is 0 Å². The summed E-state index contributed by atoms with van der Waals surface area (Å²) in [6.07, 6.45) is 0. The van der Waals surface area contributed by atoms with E-state index in [0.29, 0.717) is 0 Å². The molecule has 5 heteroatoms. The fraction of sp³-hybridized carbons (Fsp3) is 0. The van der Waals surface area contributed by atoms with Gasteiger partial charge in [0.25, 0.3) is 0 Å². The van der Waals surface area contributed by atoms with Gasteiger partial charge in [-0.15, -0.1) is 0 Å². The molecule has 0 saturated carbocycles. The van der Waals surface area contributed by atoms with Crippen LogP contribution in [0.4, 0.5) is 0 Å². The molecular weight excluding hydrogens is 963 g/mol. The summed E-state index contributed by atoms with van der Waals surface area (Å²) in [6.45, 7) is 2.00. The molecule has 0 N–H and O–H groups in total. The number of rotatable bonds is 9. The first-order valence-electron chi connectivity index (χ1n) is 19.5. The minimum atomic E-state index is -1.83. The van der Waals surface area contributed by atoms with Gasteiger partial charge in [0.2, 0.25) is 0 Å². The van der Waals surface area contributed by atoms with Gasteiger partial charge in [-0.05, 0) is 47.7 Å². The largest absolute Gasteiger partial charge is 0.0622 e.